The van der Waals surface area contributed by atoms with Crippen LogP contribution in [0.3, 0.4) is 0 Å². The predicted octanol–water partition coefficient (Wildman–Crippen LogP) is 3.44. The average Bonchev–Trinajstić information content (AvgIpc) is 3.19. The van der Waals surface area contributed by atoms with Crippen molar-refractivity contribution in [3.8, 4) is 11.8 Å². The molecule has 1 amide bonds. The number of carboxylic acid groups (broad SMARTS) is 1. The molecule has 1 aromatic heterocycles. The fourth-order valence-electron chi connectivity index (χ4n) is 4.09. The summed E-state index contributed by atoms with van der Waals surface area (Å²) in [6, 6.07) is 12.2. The van der Waals surface area contributed by atoms with E-state index in [1.807, 2.05) is 18.2 Å². The van der Waals surface area contributed by atoms with Crippen molar-refractivity contribution in [1.29, 1.82) is 5.26 Å². The van der Waals surface area contributed by atoms with Crippen molar-refractivity contribution in [3.05, 3.63) is 64.6 Å². The molecular formula is C21H18FN3O3. The van der Waals surface area contributed by atoms with E-state index in [-0.39, 0.29) is 11.8 Å². The molecule has 1 aliphatic carbocycles. The first-order valence-electron chi connectivity index (χ1n) is 8.86. The molecule has 3 aromatic rings. The minimum atomic E-state index is -1.06. The van der Waals surface area contributed by atoms with Crippen LogP contribution < -0.4 is 10.1 Å². The number of hydrogen-bond donors (Lipinski definition) is 2. The number of rotatable bonds is 4. The van der Waals surface area contributed by atoms with Crippen molar-refractivity contribution in [1.82, 2.24) is 9.88 Å². The lowest BCUT2D eigenvalue weighted by Gasteiger charge is -2.15. The molecule has 1 atom stereocenters. The third-order valence-electron chi connectivity index (χ3n) is 5.21. The van der Waals surface area contributed by atoms with E-state index in [1.54, 1.807) is 12.1 Å². The zero-order valence-corrected chi connectivity index (χ0v) is 15.2. The van der Waals surface area contributed by atoms with E-state index < -0.39 is 11.9 Å². The Kier molecular flexibility index (Phi) is 4.40. The number of fused-ring (bicyclic) bond motifs is 3. The molecule has 2 N–H and O–H groups in total. The van der Waals surface area contributed by atoms with Crippen LogP contribution in [0.25, 0.3) is 10.9 Å². The fourth-order valence-corrected chi connectivity index (χ4v) is 4.09. The second kappa shape index (κ2) is 6.89. The molecule has 0 aliphatic heterocycles. The third-order valence-corrected chi connectivity index (χ3v) is 5.21. The molecule has 0 radical (unpaired) electrons. The lowest BCUT2D eigenvalue weighted by atomic mass is 10.1. The van der Waals surface area contributed by atoms with Gasteiger partial charge in [0.1, 0.15) is 0 Å². The Morgan fingerprint density at radius 3 is 2.93 bits per heavy atom. The molecule has 0 spiro atoms. The SMILES string of the molecule is COc1c(F)cccc1Cn1c2c(c3cc(C#N)ccc31)CC(NC(=O)O)C2. The Hall–Kier alpha value is -3.53. The van der Waals surface area contributed by atoms with Crippen LogP contribution in [0.1, 0.15) is 22.4 Å². The van der Waals surface area contributed by atoms with Gasteiger partial charge in [-0.05, 0) is 36.2 Å². The quantitative estimate of drug-likeness (QED) is 0.727. The number of halogens is 1. The van der Waals surface area contributed by atoms with Gasteiger partial charge in [-0.2, -0.15) is 5.26 Å². The van der Waals surface area contributed by atoms with Crippen molar-refractivity contribution >= 4 is 17.0 Å². The minimum Gasteiger partial charge on any atom is -0.493 e. The number of para-hydroxylation sites is 1. The topological polar surface area (TPSA) is 87.3 Å². The standard InChI is InChI=1S/C21H18FN3O3/c1-28-20-13(3-2-4-17(20)22)11-25-18-6-5-12(10-23)7-15(18)16-8-14(9-19(16)25)24-21(26)27/h2-7,14,24H,8-9,11H2,1H3,(H,26,27). The molecule has 0 saturated carbocycles. The Bertz CT molecular complexity index is 1130. The largest absolute Gasteiger partial charge is 0.493 e. The highest BCUT2D eigenvalue weighted by Crippen LogP contribution is 2.35. The van der Waals surface area contributed by atoms with Gasteiger partial charge in [0.25, 0.3) is 0 Å². The molecule has 0 saturated heterocycles. The molecule has 6 nitrogen and oxygen atoms in total. The van der Waals surface area contributed by atoms with Gasteiger partial charge < -0.3 is 19.7 Å². The molecule has 4 rings (SSSR count). The van der Waals surface area contributed by atoms with Gasteiger partial charge in [-0.25, -0.2) is 9.18 Å². The maximum atomic E-state index is 14.1. The van der Waals surface area contributed by atoms with Crippen LogP contribution in [0, 0.1) is 17.1 Å². The van der Waals surface area contributed by atoms with E-state index in [2.05, 4.69) is 16.0 Å². The summed E-state index contributed by atoms with van der Waals surface area (Å²) in [6.07, 6.45) is 0.0337. The minimum absolute atomic E-state index is 0.199. The first-order chi connectivity index (χ1) is 13.5. The number of benzene rings is 2. The first kappa shape index (κ1) is 17.9. The Labute approximate surface area is 160 Å². The van der Waals surface area contributed by atoms with Gasteiger partial charge in [-0.15, -0.1) is 0 Å². The van der Waals surface area contributed by atoms with Gasteiger partial charge in [-0.1, -0.05) is 12.1 Å². The zero-order chi connectivity index (χ0) is 19.8. The van der Waals surface area contributed by atoms with Crippen LogP contribution >= 0.6 is 0 Å². The summed E-state index contributed by atoms with van der Waals surface area (Å²) in [5.41, 5.74) is 4.20. The van der Waals surface area contributed by atoms with Gasteiger partial charge in [0.2, 0.25) is 0 Å². The summed E-state index contributed by atoms with van der Waals surface area (Å²) in [5, 5.41) is 21.8. The van der Waals surface area contributed by atoms with Gasteiger partial charge in [0.05, 0.1) is 25.3 Å². The van der Waals surface area contributed by atoms with Crippen LogP contribution in [0.2, 0.25) is 0 Å². The Morgan fingerprint density at radius 1 is 1.39 bits per heavy atom. The van der Waals surface area contributed by atoms with E-state index in [0.717, 1.165) is 22.2 Å². The summed E-state index contributed by atoms with van der Waals surface area (Å²) in [4.78, 5) is 11.1. The normalized spacial score (nSPS) is 15.2. The maximum absolute atomic E-state index is 14.1. The van der Waals surface area contributed by atoms with Crippen LogP contribution in [0.5, 0.6) is 5.75 Å². The third kappa shape index (κ3) is 2.93. The lowest BCUT2D eigenvalue weighted by molar-refractivity contribution is 0.190. The van der Waals surface area contributed by atoms with Crippen LogP contribution in [0.4, 0.5) is 9.18 Å². The van der Waals surface area contributed by atoms with Gasteiger partial charge in [0, 0.05) is 34.6 Å². The van der Waals surface area contributed by atoms with Crippen molar-refractivity contribution in [2.24, 2.45) is 0 Å². The van der Waals surface area contributed by atoms with E-state index in [4.69, 9.17) is 9.84 Å². The molecular weight excluding hydrogens is 361 g/mol. The van der Waals surface area contributed by atoms with Crippen molar-refractivity contribution in [3.63, 3.8) is 0 Å². The molecule has 0 fully saturated rings. The summed E-state index contributed by atoms with van der Waals surface area (Å²) >= 11 is 0. The number of ether oxygens (including phenoxy) is 1. The average molecular weight is 379 g/mol. The molecule has 28 heavy (non-hydrogen) atoms. The maximum Gasteiger partial charge on any atom is 0.404 e. The summed E-state index contributed by atoms with van der Waals surface area (Å²) in [7, 11) is 1.44. The summed E-state index contributed by atoms with van der Waals surface area (Å²) < 4.78 is 21.4. The van der Waals surface area contributed by atoms with Gasteiger partial charge in [-0.3, -0.25) is 0 Å². The second-order valence-electron chi connectivity index (χ2n) is 6.84. The number of aromatic nitrogens is 1. The highest BCUT2D eigenvalue weighted by molar-refractivity contribution is 5.88. The monoisotopic (exact) mass is 379 g/mol. The first-order valence-corrected chi connectivity index (χ1v) is 8.86. The number of carbonyl (C=O) groups is 1. The molecule has 1 unspecified atom stereocenters. The number of nitrogens with one attached hydrogen (secondary N) is 1. The van der Waals surface area contributed by atoms with Crippen LogP contribution in [-0.4, -0.2) is 28.9 Å². The van der Waals surface area contributed by atoms with Crippen LogP contribution in [-0.2, 0) is 19.4 Å². The van der Waals surface area contributed by atoms with E-state index in [1.165, 1.54) is 13.2 Å². The fraction of sp³-hybridized carbons (Fsp3) is 0.238. The lowest BCUT2D eigenvalue weighted by Crippen LogP contribution is -2.34. The molecule has 1 aliphatic rings. The zero-order valence-electron chi connectivity index (χ0n) is 15.2. The smallest absolute Gasteiger partial charge is 0.404 e. The molecule has 7 heteroatoms. The Balaban J connectivity index is 1.84. The molecule has 2 aromatic carbocycles. The van der Waals surface area contributed by atoms with Crippen LogP contribution in [0.15, 0.2) is 36.4 Å². The highest BCUT2D eigenvalue weighted by atomic mass is 19.1. The number of nitriles is 1. The number of methoxy groups -OCH3 is 1. The van der Waals surface area contributed by atoms with Crippen molar-refractivity contribution in [2.75, 3.05) is 7.11 Å². The molecule has 142 valence electrons. The van der Waals surface area contributed by atoms with E-state index >= 15 is 0 Å². The predicted molar refractivity (Wildman–Crippen MR) is 101 cm³/mol. The van der Waals surface area contributed by atoms with E-state index in [9.17, 15) is 14.4 Å². The molecule has 1 heterocycles. The molecule has 0 bridgehead atoms. The Morgan fingerprint density at radius 2 is 2.21 bits per heavy atom. The highest BCUT2D eigenvalue weighted by Gasteiger charge is 2.30. The summed E-state index contributed by atoms with van der Waals surface area (Å²) in [5.74, 6) is -0.227. The van der Waals surface area contributed by atoms with Gasteiger partial charge in [0.15, 0.2) is 11.6 Å². The number of amides is 1. The van der Waals surface area contributed by atoms with Crippen molar-refractivity contribution in [2.45, 2.75) is 25.4 Å². The van der Waals surface area contributed by atoms with Crippen molar-refractivity contribution < 1.29 is 19.0 Å². The number of hydrogen-bond acceptors (Lipinski definition) is 3. The second-order valence-corrected chi connectivity index (χ2v) is 6.84. The number of nitrogens with zero attached hydrogens (tertiary/aromatic N) is 2. The summed E-state index contributed by atoms with van der Waals surface area (Å²) in [6.45, 7) is 0.387. The van der Waals surface area contributed by atoms with E-state index in [0.29, 0.717) is 30.5 Å². The van der Waals surface area contributed by atoms with Gasteiger partial charge >= 0.3 is 6.09 Å².